The summed E-state index contributed by atoms with van der Waals surface area (Å²) >= 11 is 1.20. The molecule has 1 aliphatic heterocycles. The van der Waals surface area contributed by atoms with Gasteiger partial charge in [-0.3, -0.25) is 10.1 Å². The van der Waals surface area contributed by atoms with Crippen LogP contribution in [0.25, 0.3) is 10.3 Å². The number of benzene rings is 1. The van der Waals surface area contributed by atoms with Crippen molar-refractivity contribution >= 4 is 56.6 Å². The number of thiazole rings is 1. The van der Waals surface area contributed by atoms with Crippen molar-refractivity contribution in [3.63, 3.8) is 0 Å². The van der Waals surface area contributed by atoms with Crippen LogP contribution >= 0.6 is 11.3 Å². The van der Waals surface area contributed by atoms with Crippen LogP contribution in [0.2, 0.25) is 18.1 Å². The molecule has 0 bridgehead atoms. The largest absolute Gasteiger partial charge is 0.475 e. The maximum absolute atomic E-state index is 13.4. The molecule has 14 heteroatoms. The normalized spacial score (nSPS) is 18.2. The number of oxime groups is 1. The van der Waals surface area contributed by atoms with E-state index in [0.717, 1.165) is 0 Å². The summed E-state index contributed by atoms with van der Waals surface area (Å²) in [6.45, 7) is 12.8. The van der Waals surface area contributed by atoms with E-state index < -0.39 is 24.1 Å². The van der Waals surface area contributed by atoms with Crippen molar-refractivity contribution in [3.8, 4) is 5.88 Å². The van der Waals surface area contributed by atoms with Gasteiger partial charge >= 0.3 is 0 Å². The fourth-order valence-corrected chi connectivity index (χ4v) is 7.58. The number of nitrogens with zero attached hydrogens (tertiary/aromatic N) is 3. The van der Waals surface area contributed by atoms with Crippen LogP contribution in [0, 0.1) is 0 Å². The monoisotopic (exact) mass is 646 g/mol. The first kappa shape index (κ1) is 31.5. The van der Waals surface area contributed by atoms with Crippen molar-refractivity contribution in [2.24, 2.45) is 5.16 Å². The highest BCUT2D eigenvalue weighted by Gasteiger charge is 2.37. The fourth-order valence-electron chi connectivity index (χ4n) is 4.07. The maximum Gasteiger partial charge on any atom is 0.280 e. The lowest BCUT2D eigenvalue weighted by Crippen LogP contribution is -2.41. The van der Waals surface area contributed by atoms with Gasteiger partial charge < -0.3 is 18.7 Å². The van der Waals surface area contributed by atoms with Crippen LogP contribution in [0.1, 0.15) is 45.6 Å². The van der Waals surface area contributed by atoms with Gasteiger partial charge in [-0.15, -0.1) is 0 Å². The van der Waals surface area contributed by atoms with Gasteiger partial charge in [0.1, 0.15) is 17.0 Å². The Hall–Kier alpha value is -2.91. The molecular weight excluding hydrogens is 609 g/mol. The van der Waals surface area contributed by atoms with Gasteiger partial charge in [-0.25, -0.2) is 18.4 Å². The van der Waals surface area contributed by atoms with Crippen LogP contribution in [0.5, 0.6) is 5.88 Å². The topological polar surface area (TPSA) is 138 Å². The first-order chi connectivity index (χ1) is 20.3. The first-order valence-electron chi connectivity index (χ1n) is 14.3. The molecule has 3 aromatic rings. The Bertz CT molecular complexity index is 1590. The summed E-state index contributed by atoms with van der Waals surface area (Å²) in [5, 5.41) is 7.08. The molecule has 1 saturated heterocycles. The number of anilines is 1. The summed E-state index contributed by atoms with van der Waals surface area (Å²) < 4.78 is 42.6. The van der Waals surface area contributed by atoms with E-state index >= 15 is 0 Å². The molecule has 1 saturated carbocycles. The Morgan fingerprint density at radius 2 is 1.84 bits per heavy atom. The van der Waals surface area contributed by atoms with E-state index in [1.54, 1.807) is 24.3 Å². The molecule has 1 atom stereocenters. The Balaban J connectivity index is 1.27. The highest BCUT2D eigenvalue weighted by atomic mass is 32.2. The van der Waals surface area contributed by atoms with Crippen molar-refractivity contribution in [2.75, 3.05) is 31.7 Å². The van der Waals surface area contributed by atoms with Gasteiger partial charge in [0, 0.05) is 18.1 Å². The second kappa shape index (κ2) is 12.6. The minimum atomic E-state index is -3.36. The summed E-state index contributed by atoms with van der Waals surface area (Å²) in [6.07, 6.45) is 1.74. The van der Waals surface area contributed by atoms with Gasteiger partial charge in [-0.05, 0) is 49.2 Å². The van der Waals surface area contributed by atoms with Crippen molar-refractivity contribution < 1.29 is 31.9 Å². The first-order valence-corrected chi connectivity index (χ1v) is 19.6. The van der Waals surface area contributed by atoms with Crippen LogP contribution < -0.4 is 10.1 Å². The molecular formula is C29H38N4O7S2Si. The zero-order valence-electron chi connectivity index (χ0n) is 25.1. The summed E-state index contributed by atoms with van der Waals surface area (Å²) in [5.41, 5.74) is 1.03. The van der Waals surface area contributed by atoms with E-state index in [0.29, 0.717) is 72.6 Å². The third-order valence-corrected chi connectivity index (χ3v) is 15.6. The number of ether oxygens (including phenoxy) is 2. The second-order valence-electron chi connectivity index (χ2n) is 12.2. The number of carbonyl (C=O) groups is 1. The lowest BCUT2D eigenvalue weighted by molar-refractivity contribution is -0.110. The predicted octanol–water partition coefficient (Wildman–Crippen LogP) is 5.18. The van der Waals surface area contributed by atoms with Crippen molar-refractivity contribution in [3.05, 3.63) is 42.0 Å². The van der Waals surface area contributed by atoms with Crippen LogP contribution in [-0.2, 0) is 28.6 Å². The average molecular weight is 647 g/mol. The Morgan fingerprint density at radius 1 is 1.09 bits per heavy atom. The summed E-state index contributed by atoms with van der Waals surface area (Å²) in [6, 6.07) is 9.67. The van der Waals surface area contributed by atoms with E-state index in [4.69, 9.17) is 18.7 Å². The van der Waals surface area contributed by atoms with Gasteiger partial charge in [0.15, 0.2) is 35.1 Å². The third kappa shape index (κ3) is 7.60. The third-order valence-electron chi connectivity index (χ3n) is 7.87. The highest BCUT2D eigenvalue weighted by molar-refractivity contribution is 7.92. The molecule has 5 rings (SSSR count). The molecule has 0 unspecified atom stereocenters. The number of amides is 1. The second-order valence-corrected chi connectivity index (χ2v) is 20.2. The van der Waals surface area contributed by atoms with Crippen LogP contribution in [0.3, 0.4) is 0 Å². The van der Waals surface area contributed by atoms with Gasteiger partial charge in [-0.2, -0.15) is 0 Å². The molecule has 2 aromatic heterocycles. The van der Waals surface area contributed by atoms with Crippen LogP contribution in [0.15, 0.2) is 46.4 Å². The van der Waals surface area contributed by atoms with Gasteiger partial charge in [0.2, 0.25) is 5.88 Å². The number of pyridine rings is 1. The van der Waals surface area contributed by atoms with Gasteiger partial charge in [-0.1, -0.05) is 49.4 Å². The predicted molar refractivity (Wildman–Crippen MR) is 168 cm³/mol. The molecule has 43 heavy (non-hydrogen) atoms. The molecule has 2 fully saturated rings. The van der Waals surface area contributed by atoms with E-state index in [1.807, 2.05) is 0 Å². The summed E-state index contributed by atoms with van der Waals surface area (Å²) in [7, 11) is -5.22. The number of aromatic nitrogens is 2. The average Bonchev–Trinajstić information content (AvgIpc) is 3.56. The Kier molecular flexibility index (Phi) is 9.23. The molecule has 1 N–H and O–H groups in total. The lowest BCUT2D eigenvalue weighted by atomic mass is 10.1. The smallest absolute Gasteiger partial charge is 0.280 e. The van der Waals surface area contributed by atoms with Crippen LogP contribution in [0.4, 0.5) is 5.13 Å². The van der Waals surface area contributed by atoms with Crippen LogP contribution in [-0.4, -0.2) is 76.1 Å². The molecule has 232 valence electrons. The molecule has 2 aliphatic rings. The lowest BCUT2D eigenvalue weighted by Gasteiger charge is -2.36. The SMILES string of the molecule is CC(C)(C)[Si](C)(C)OCCOc1ccc2nc(NC(=O)/C(=N/O[C@@H]3CCOC3)c3ccc(S(=O)(=O)C4CC4)cc3)sc2n1. The van der Waals surface area contributed by atoms with Crippen molar-refractivity contribution in [2.45, 2.75) is 74.4 Å². The zero-order valence-corrected chi connectivity index (χ0v) is 27.7. The molecule has 1 amide bonds. The van der Waals surface area contributed by atoms with E-state index in [2.05, 4.69) is 54.3 Å². The minimum absolute atomic E-state index is 0.000221. The fraction of sp³-hybridized carbons (Fsp3) is 0.517. The summed E-state index contributed by atoms with van der Waals surface area (Å²) in [4.78, 5) is 28.9. The number of fused-ring (bicyclic) bond motifs is 1. The van der Waals surface area contributed by atoms with E-state index in [1.165, 1.54) is 23.5 Å². The Morgan fingerprint density at radius 3 is 2.49 bits per heavy atom. The number of nitrogens with one attached hydrogen (secondary N) is 1. The molecule has 0 radical (unpaired) electrons. The highest BCUT2D eigenvalue weighted by Crippen LogP contribution is 2.36. The van der Waals surface area contributed by atoms with E-state index in [9.17, 15) is 13.2 Å². The van der Waals surface area contributed by atoms with Crippen molar-refractivity contribution in [1.82, 2.24) is 9.97 Å². The maximum atomic E-state index is 13.4. The standard InChI is InChI=1S/C29H38N4O7S2Si/c1-29(2,3)43(4,5)39-17-16-38-24-13-12-23-27(31-24)41-28(30-23)32-26(34)25(33-40-20-14-15-37-18-20)19-6-8-21(9-7-19)42(35,36)22-10-11-22/h6-9,12-13,20,22H,10-11,14-18H2,1-5H3,(H,30,32,34)/b33-25+/t20-/m1/s1. The van der Waals surface area contributed by atoms with E-state index in [-0.39, 0.29) is 27.0 Å². The minimum Gasteiger partial charge on any atom is -0.475 e. The molecule has 1 aromatic carbocycles. The quantitative estimate of drug-likeness (QED) is 0.122. The number of sulfone groups is 1. The molecule has 0 spiro atoms. The van der Waals surface area contributed by atoms with Crippen molar-refractivity contribution in [1.29, 1.82) is 0 Å². The number of hydrogen-bond acceptors (Lipinski definition) is 11. The summed E-state index contributed by atoms with van der Waals surface area (Å²) in [5.74, 6) is -0.0986. The number of hydrogen-bond donors (Lipinski definition) is 1. The van der Waals surface area contributed by atoms with Gasteiger partial charge in [0.05, 0.1) is 30.0 Å². The molecule has 1 aliphatic carbocycles. The molecule has 11 nitrogen and oxygen atoms in total. The molecule has 3 heterocycles. The van der Waals surface area contributed by atoms with Gasteiger partial charge in [0.25, 0.3) is 5.91 Å². The number of carbonyl (C=O) groups excluding carboxylic acids is 1. The zero-order chi connectivity index (χ0) is 30.8. The Labute approximate surface area is 257 Å². The number of rotatable bonds is 12.